The highest BCUT2D eigenvalue weighted by Gasteiger charge is 2.08. The highest BCUT2D eigenvalue weighted by atomic mass is 16.5. The molecule has 2 N–H and O–H groups in total. The molecule has 0 unspecified atom stereocenters. The molecule has 0 fully saturated rings. The average Bonchev–Trinajstić information content (AvgIpc) is 2.47. The third-order valence-corrected chi connectivity index (χ3v) is 2.84. The van der Waals surface area contributed by atoms with Crippen LogP contribution in [0.2, 0.25) is 0 Å². The SMILES string of the molecule is CC(C)Oc1cccc(C(=O)Nc2cccc(CO)c2)c1. The molecule has 2 aromatic rings. The van der Waals surface area contributed by atoms with E-state index in [1.807, 2.05) is 19.9 Å². The maximum atomic E-state index is 12.2. The fraction of sp³-hybridized carbons (Fsp3) is 0.235. The summed E-state index contributed by atoms with van der Waals surface area (Å²) < 4.78 is 5.58. The number of nitrogens with one attached hydrogen (secondary N) is 1. The minimum Gasteiger partial charge on any atom is -0.491 e. The van der Waals surface area contributed by atoms with Crippen LogP contribution >= 0.6 is 0 Å². The van der Waals surface area contributed by atoms with Crippen LogP contribution in [-0.4, -0.2) is 17.1 Å². The van der Waals surface area contributed by atoms with E-state index in [1.54, 1.807) is 42.5 Å². The van der Waals surface area contributed by atoms with E-state index < -0.39 is 0 Å². The highest BCUT2D eigenvalue weighted by molar-refractivity contribution is 6.04. The summed E-state index contributed by atoms with van der Waals surface area (Å²) >= 11 is 0. The van der Waals surface area contributed by atoms with E-state index in [4.69, 9.17) is 9.84 Å². The summed E-state index contributed by atoms with van der Waals surface area (Å²) in [4.78, 5) is 12.2. The first-order chi connectivity index (χ1) is 10.1. The third-order valence-electron chi connectivity index (χ3n) is 2.84. The van der Waals surface area contributed by atoms with Crippen molar-refractivity contribution in [2.45, 2.75) is 26.6 Å². The molecule has 2 aromatic carbocycles. The topological polar surface area (TPSA) is 58.6 Å². The Hall–Kier alpha value is -2.33. The molecule has 0 saturated heterocycles. The van der Waals surface area contributed by atoms with Crippen molar-refractivity contribution in [3.63, 3.8) is 0 Å². The Morgan fingerprint density at radius 2 is 1.95 bits per heavy atom. The van der Waals surface area contributed by atoms with Crippen LogP contribution in [0, 0.1) is 0 Å². The van der Waals surface area contributed by atoms with Crippen LogP contribution in [0.5, 0.6) is 5.75 Å². The molecule has 0 saturated carbocycles. The van der Waals surface area contributed by atoms with Gasteiger partial charge in [-0.3, -0.25) is 4.79 Å². The lowest BCUT2D eigenvalue weighted by atomic mass is 10.1. The van der Waals surface area contributed by atoms with Gasteiger partial charge in [-0.1, -0.05) is 18.2 Å². The number of carbonyl (C=O) groups excluding carboxylic acids is 1. The molecule has 0 aliphatic carbocycles. The van der Waals surface area contributed by atoms with Gasteiger partial charge in [0.25, 0.3) is 5.91 Å². The van der Waals surface area contributed by atoms with Crippen molar-refractivity contribution in [1.82, 2.24) is 0 Å². The number of hydrogen-bond donors (Lipinski definition) is 2. The van der Waals surface area contributed by atoms with Crippen LogP contribution in [0.25, 0.3) is 0 Å². The molecule has 0 atom stereocenters. The van der Waals surface area contributed by atoms with E-state index in [1.165, 1.54) is 0 Å². The molecule has 2 rings (SSSR count). The van der Waals surface area contributed by atoms with Crippen LogP contribution in [0.1, 0.15) is 29.8 Å². The molecule has 0 bridgehead atoms. The number of benzene rings is 2. The fourth-order valence-electron chi connectivity index (χ4n) is 1.93. The first-order valence-electron chi connectivity index (χ1n) is 6.86. The second-order valence-corrected chi connectivity index (χ2v) is 5.01. The van der Waals surface area contributed by atoms with Crippen LogP contribution < -0.4 is 10.1 Å². The predicted octanol–water partition coefficient (Wildman–Crippen LogP) is 3.22. The molecular weight excluding hydrogens is 266 g/mol. The Balaban J connectivity index is 2.12. The van der Waals surface area contributed by atoms with Gasteiger partial charge in [0.15, 0.2) is 0 Å². The summed E-state index contributed by atoms with van der Waals surface area (Å²) in [6, 6.07) is 14.2. The molecule has 0 spiro atoms. The molecule has 0 aliphatic heterocycles. The van der Waals surface area contributed by atoms with E-state index in [0.29, 0.717) is 17.0 Å². The van der Waals surface area contributed by atoms with Crippen molar-refractivity contribution >= 4 is 11.6 Å². The number of amides is 1. The summed E-state index contributed by atoms with van der Waals surface area (Å²) in [5.41, 5.74) is 1.94. The van der Waals surface area contributed by atoms with E-state index in [9.17, 15) is 4.79 Å². The maximum absolute atomic E-state index is 12.2. The number of anilines is 1. The summed E-state index contributed by atoms with van der Waals surface area (Å²) in [6.45, 7) is 3.82. The lowest BCUT2D eigenvalue weighted by Crippen LogP contribution is -2.13. The molecule has 0 aliphatic rings. The number of rotatable bonds is 5. The molecule has 1 amide bonds. The Morgan fingerprint density at radius 3 is 2.67 bits per heavy atom. The lowest BCUT2D eigenvalue weighted by molar-refractivity contribution is 0.102. The molecular formula is C17H19NO3. The van der Waals surface area contributed by atoms with E-state index in [-0.39, 0.29) is 18.6 Å². The molecule has 0 radical (unpaired) electrons. The van der Waals surface area contributed by atoms with Crippen molar-refractivity contribution in [3.8, 4) is 5.75 Å². The number of hydrogen-bond acceptors (Lipinski definition) is 3. The van der Waals surface area contributed by atoms with Gasteiger partial charge in [0, 0.05) is 11.3 Å². The zero-order valence-corrected chi connectivity index (χ0v) is 12.2. The number of ether oxygens (including phenoxy) is 1. The summed E-state index contributed by atoms with van der Waals surface area (Å²) in [5.74, 6) is 0.459. The Labute approximate surface area is 124 Å². The highest BCUT2D eigenvalue weighted by Crippen LogP contribution is 2.17. The van der Waals surface area contributed by atoms with Gasteiger partial charge in [0.05, 0.1) is 12.7 Å². The quantitative estimate of drug-likeness (QED) is 0.886. The number of aliphatic hydroxyl groups is 1. The second kappa shape index (κ2) is 6.90. The van der Waals surface area contributed by atoms with Crippen LogP contribution in [0.15, 0.2) is 48.5 Å². The van der Waals surface area contributed by atoms with Gasteiger partial charge >= 0.3 is 0 Å². The molecule has 4 heteroatoms. The summed E-state index contributed by atoms with van der Waals surface area (Å²) in [6.07, 6.45) is 0.0598. The van der Waals surface area contributed by atoms with Gasteiger partial charge in [0.2, 0.25) is 0 Å². The van der Waals surface area contributed by atoms with Gasteiger partial charge in [-0.15, -0.1) is 0 Å². The van der Waals surface area contributed by atoms with Crippen LogP contribution in [0.4, 0.5) is 5.69 Å². The zero-order chi connectivity index (χ0) is 15.2. The first-order valence-corrected chi connectivity index (χ1v) is 6.86. The van der Waals surface area contributed by atoms with Crippen molar-refractivity contribution in [3.05, 3.63) is 59.7 Å². The van der Waals surface area contributed by atoms with Gasteiger partial charge in [-0.2, -0.15) is 0 Å². The fourth-order valence-corrected chi connectivity index (χ4v) is 1.93. The molecule has 21 heavy (non-hydrogen) atoms. The standard InChI is InChI=1S/C17H19NO3/c1-12(2)21-16-8-4-6-14(10-16)17(20)18-15-7-3-5-13(9-15)11-19/h3-10,12,19H,11H2,1-2H3,(H,18,20). The van der Waals surface area contributed by atoms with Crippen LogP contribution in [0.3, 0.4) is 0 Å². The monoisotopic (exact) mass is 285 g/mol. The lowest BCUT2D eigenvalue weighted by Gasteiger charge is -2.11. The molecule has 0 aromatic heterocycles. The Morgan fingerprint density at radius 1 is 1.19 bits per heavy atom. The van der Waals surface area contributed by atoms with E-state index >= 15 is 0 Å². The number of aliphatic hydroxyl groups excluding tert-OH is 1. The van der Waals surface area contributed by atoms with Crippen molar-refractivity contribution in [2.24, 2.45) is 0 Å². The Kier molecular flexibility index (Phi) is 4.95. The molecule has 0 heterocycles. The van der Waals surface area contributed by atoms with Gasteiger partial charge < -0.3 is 15.2 Å². The molecule has 110 valence electrons. The zero-order valence-electron chi connectivity index (χ0n) is 12.2. The maximum Gasteiger partial charge on any atom is 0.255 e. The third kappa shape index (κ3) is 4.33. The van der Waals surface area contributed by atoms with Crippen molar-refractivity contribution < 1.29 is 14.6 Å². The van der Waals surface area contributed by atoms with E-state index in [0.717, 1.165) is 5.56 Å². The average molecular weight is 285 g/mol. The van der Waals surface area contributed by atoms with Crippen molar-refractivity contribution in [2.75, 3.05) is 5.32 Å². The summed E-state index contributed by atoms with van der Waals surface area (Å²) in [5, 5.41) is 11.9. The predicted molar refractivity (Wildman–Crippen MR) is 82.5 cm³/mol. The van der Waals surface area contributed by atoms with Crippen LogP contribution in [-0.2, 0) is 6.61 Å². The molecule has 4 nitrogen and oxygen atoms in total. The number of carbonyl (C=O) groups is 1. The normalized spacial score (nSPS) is 10.5. The van der Waals surface area contributed by atoms with Gasteiger partial charge in [-0.25, -0.2) is 0 Å². The Bertz CT molecular complexity index is 623. The minimum atomic E-state index is -0.209. The van der Waals surface area contributed by atoms with Gasteiger partial charge in [-0.05, 0) is 49.7 Å². The van der Waals surface area contributed by atoms with Gasteiger partial charge in [0.1, 0.15) is 5.75 Å². The summed E-state index contributed by atoms with van der Waals surface area (Å²) in [7, 11) is 0. The first kappa shape index (κ1) is 15.1. The van der Waals surface area contributed by atoms with E-state index in [2.05, 4.69) is 5.32 Å². The largest absolute Gasteiger partial charge is 0.491 e. The second-order valence-electron chi connectivity index (χ2n) is 5.01. The minimum absolute atomic E-state index is 0.0541. The van der Waals surface area contributed by atoms with Crippen molar-refractivity contribution in [1.29, 1.82) is 0 Å². The smallest absolute Gasteiger partial charge is 0.255 e.